The molecule has 3 N–H and O–H groups in total. The van der Waals surface area contributed by atoms with Crippen molar-refractivity contribution in [2.75, 3.05) is 26.1 Å². The monoisotopic (exact) mass is 441 g/mol. The van der Waals surface area contributed by atoms with Crippen molar-refractivity contribution in [3.8, 4) is 5.75 Å². The minimum absolute atomic E-state index is 0. The molecule has 0 saturated heterocycles. The first-order valence-electron chi connectivity index (χ1n) is 6.54. The van der Waals surface area contributed by atoms with Crippen LogP contribution >= 0.6 is 35.6 Å². The number of nitrogens with one attached hydrogen (secondary N) is 1. The Morgan fingerprint density at radius 2 is 2.09 bits per heavy atom. The van der Waals surface area contributed by atoms with E-state index in [1.54, 1.807) is 25.3 Å². The summed E-state index contributed by atoms with van der Waals surface area (Å²) in [6.07, 6.45) is 1.88. The molecule has 0 bridgehead atoms. The Morgan fingerprint density at radius 3 is 2.68 bits per heavy atom. The highest BCUT2D eigenvalue weighted by Crippen LogP contribution is 2.26. The number of benzene rings is 1. The zero-order chi connectivity index (χ0) is 15.7. The number of nitrogens with two attached hydrogens (primary N) is 1. The van der Waals surface area contributed by atoms with Crippen molar-refractivity contribution in [3.63, 3.8) is 0 Å². The molecule has 0 saturated carbocycles. The van der Waals surface area contributed by atoms with Crippen LogP contribution in [0.3, 0.4) is 0 Å². The van der Waals surface area contributed by atoms with E-state index in [-0.39, 0.29) is 29.9 Å². The number of nitrogens with zero attached hydrogens (tertiary/aromatic N) is 1. The van der Waals surface area contributed by atoms with Crippen LogP contribution in [-0.2, 0) is 9.53 Å². The molecule has 0 fully saturated rings. The molecule has 22 heavy (non-hydrogen) atoms. The maximum atomic E-state index is 10.9. The number of anilines is 1. The molecule has 1 rings (SSSR count). The van der Waals surface area contributed by atoms with Crippen LogP contribution in [0, 0.1) is 0 Å². The molecule has 0 aliphatic carbocycles. The van der Waals surface area contributed by atoms with E-state index in [0.29, 0.717) is 29.7 Å². The molecule has 124 valence electrons. The third-order valence-corrected chi connectivity index (χ3v) is 3.02. The van der Waals surface area contributed by atoms with Gasteiger partial charge in [-0.15, -0.1) is 24.0 Å². The van der Waals surface area contributed by atoms with Crippen molar-refractivity contribution in [2.24, 2.45) is 10.7 Å². The van der Waals surface area contributed by atoms with Gasteiger partial charge in [0.25, 0.3) is 0 Å². The van der Waals surface area contributed by atoms with Crippen molar-refractivity contribution in [3.05, 3.63) is 23.2 Å². The first-order valence-corrected chi connectivity index (χ1v) is 6.92. The molecule has 6 nitrogen and oxygen atoms in total. The van der Waals surface area contributed by atoms with Gasteiger partial charge in [0.05, 0.1) is 19.2 Å². The van der Waals surface area contributed by atoms with Gasteiger partial charge in [0, 0.05) is 18.7 Å². The highest BCUT2D eigenvalue weighted by atomic mass is 127. The smallest absolute Gasteiger partial charge is 0.305 e. The lowest BCUT2D eigenvalue weighted by atomic mass is 10.2. The molecule has 8 heteroatoms. The number of rotatable bonds is 7. The minimum atomic E-state index is -0.210. The van der Waals surface area contributed by atoms with Crippen LogP contribution in [0.4, 0.5) is 5.69 Å². The number of hydrogen-bond donors (Lipinski definition) is 2. The lowest BCUT2D eigenvalue weighted by Crippen LogP contribution is -2.22. The second kappa shape index (κ2) is 11.4. The van der Waals surface area contributed by atoms with E-state index in [1.165, 1.54) is 7.11 Å². The second-order valence-electron chi connectivity index (χ2n) is 4.27. The van der Waals surface area contributed by atoms with Gasteiger partial charge in [-0.2, -0.15) is 0 Å². The van der Waals surface area contributed by atoms with Gasteiger partial charge in [0.2, 0.25) is 0 Å². The number of guanidine groups is 1. The number of carbonyl (C=O) groups is 1. The van der Waals surface area contributed by atoms with Crippen LogP contribution in [0.5, 0.6) is 5.75 Å². The summed E-state index contributed by atoms with van der Waals surface area (Å²) in [6.45, 7) is 0.541. The zero-order valence-electron chi connectivity index (χ0n) is 12.6. The van der Waals surface area contributed by atoms with Gasteiger partial charge in [0.1, 0.15) is 5.75 Å². The number of halogens is 2. The summed E-state index contributed by atoms with van der Waals surface area (Å²) < 4.78 is 9.62. The average molecular weight is 442 g/mol. The molecule has 0 aliphatic heterocycles. The number of unbranched alkanes of at least 4 members (excludes halogenated alkanes) is 1. The summed E-state index contributed by atoms with van der Waals surface area (Å²) >= 11 is 6.01. The lowest BCUT2D eigenvalue weighted by Gasteiger charge is -2.08. The van der Waals surface area contributed by atoms with Crippen molar-refractivity contribution in [1.29, 1.82) is 0 Å². The third kappa shape index (κ3) is 7.69. The Kier molecular flexibility index (Phi) is 10.7. The fourth-order valence-corrected chi connectivity index (χ4v) is 1.87. The molecule has 0 aromatic heterocycles. The summed E-state index contributed by atoms with van der Waals surface area (Å²) in [6, 6.07) is 5.25. The predicted octanol–water partition coefficient (Wildman–Crippen LogP) is 3.04. The first kappa shape index (κ1) is 20.8. The van der Waals surface area contributed by atoms with Gasteiger partial charge < -0.3 is 20.5 Å². The number of methoxy groups -OCH3 is 2. The van der Waals surface area contributed by atoms with Crippen LogP contribution in [0.15, 0.2) is 23.2 Å². The quantitative estimate of drug-likeness (QED) is 0.223. The molecular weight excluding hydrogens is 421 g/mol. The van der Waals surface area contributed by atoms with E-state index >= 15 is 0 Å². The lowest BCUT2D eigenvalue weighted by molar-refractivity contribution is -0.140. The molecule has 0 amide bonds. The van der Waals surface area contributed by atoms with E-state index in [1.807, 2.05) is 0 Å². The van der Waals surface area contributed by atoms with Crippen LogP contribution in [0.1, 0.15) is 19.3 Å². The topological polar surface area (TPSA) is 85.9 Å². The Balaban J connectivity index is 0.00000441. The van der Waals surface area contributed by atoms with Gasteiger partial charge in [-0.1, -0.05) is 11.6 Å². The van der Waals surface area contributed by atoms with Crippen molar-refractivity contribution in [2.45, 2.75) is 19.3 Å². The number of hydrogen-bond acceptors (Lipinski definition) is 4. The van der Waals surface area contributed by atoms with Gasteiger partial charge in [-0.3, -0.25) is 9.79 Å². The summed E-state index contributed by atoms with van der Waals surface area (Å²) in [5, 5.41) is 3.43. The van der Waals surface area contributed by atoms with Crippen LogP contribution in [0.2, 0.25) is 5.02 Å². The number of carbonyl (C=O) groups excluding carboxylic acids is 1. The van der Waals surface area contributed by atoms with Gasteiger partial charge in [0.15, 0.2) is 5.96 Å². The van der Waals surface area contributed by atoms with Crippen LogP contribution < -0.4 is 15.8 Å². The Hall–Kier alpha value is -1.22. The maximum Gasteiger partial charge on any atom is 0.305 e. The van der Waals surface area contributed by atoms with Crippen LogP contribution in [-0.4, -0.2) is 32.7 Å². The molecule has 0 heterocycles. The summed E-state index contributed by atoms with van der Waals surface area (Å²) in [7, 11) is 2.93. The Bertz CT molecular complexity index is 512. The first-order chi connectivity index (χ1) is 10.1. The third-order valence-electron chi connectivity index (χ3n) is 2.72. The van der Waals surface area contributed by atoms with E-state index in [0.717, 1.165) is 18.5 Å². The second-order valence-corrected chi connectivity index (χ2v) is 4.68. The molecular formula is C14H21ClIN3O3. The van der Waals surface area contributed by atoms with Gasteiger partial charge in [-0.05, 0) is 31.0 Å². The molecule has 1 aromatic rings. The van der Waals surface area contributed by atoms with E-state index in [2.05, 4.69) is 15.0 Å². The highest BCUT2D eigenvalue weighted by molar-refractivity contribution is 14.0. The van der Waals surface area contributed by atoms with Crippen molar-refractivity contribution >= 4 is 53.2 Å². The summed E-state index contributed by atoms with van der Waals surface area (Å²) in [4.78, 5) is 15.1. The standard InChI is InChI=1S/C14H20ClN3O3.HI/c1-20-12-7-6-10(9-11(12)15)18-14(16)17-8-4-3-5-13(19)21-2;/h6-7,9H,3-5,8H2,1-2H3,(H3,16,17,18);1H. The van der Waals surface area contributed by atoms with Crippen molar-refractivity contribution < 1.29 is 14.3 Å². The predicted molar refractivity (Wildman–Crippen MR) is 99.4 cm³/mol. The Morgan fingerprint density at radius 1 is 1.36 bits per heavy atom. The molecule has 0 aliphatic rings. The molecule has 0 unspecified atom stereocenters. The summed E-state index contributed by atoms with van der Waals surface area (Å²) in [5.41, 5.74) is 6.50. The van der Waals surface area contributed by atoms with E-state index in [4.69, 9.17) is 22.1 Å². The van der Waals surface area contributed by atoms with E-state index < -0.39 is 0 Å². The fraction of sp³-hybridized carbons (Fsp3) is 0.429. The van der Waals surface area contributed by atoms with Gasteiger partial charge in [-0.25, -0.2) is 0 Å². The largest absolute Gasteiger partial charge is 0.495 e. The molecule has 0 spiro atoms. The highest BCUT2D eigenvalue weighted by Gasteiger charge is 2.03. The zero-order valence-corrected chi connectivity index (χ0v) is 15.7. The number of ether oxygens (including phenoxy) is 2. The minimum Gasteiger partial charge on any atom is -0.495 e. The van der Waals surface area contributed by atoms with Gasteiger partial charge >= 0.3 is 5.97 Å². The SMILES string of the molecule is COC(=O)CCCCN=C(N)Nc1ccc(OC)c(Cl)c1.I. The Labute approximate surface area is 152 Å². The maximum absolute atomic E-state index is 10.9. The number of aliphatic imine (C=N–C) groups is 1. The average Bonchev–Trinajstić information content (AvgIpc) is 2.46. The number of esters is 1. The summed E-state index contributed by atoms with van der Waals surface area (Å²) in [5.74, 6) is 0.688. The van der Waals surface area contributed by atoms with Crippen molar-refractivity contribution in [1.82, 2.24) is 0 Å². The van der Waals surface area contributed by atoms with E-state index in [9.17, 15) is 4.79 Å². The van der Waals surface area contributed by atoms with Crippen LogP contribution in [0.25, 0.3) is 0 Å². The fourth-order valence-electron chi connectivity index (χ4n) is 1.61. The molecule has 1 aromatic carbocycles. The molecule has 0 atom stereocenters. The normalized spacial score (nSPS) is 10.6. The molecule has 0 radical (unpaired) electrons.